The van der Waals surface area contributed by atoms with Crippen LogP contribution >= 0.6 is 11.6 Å². The number of halogens is 1. The van der Waals surface area contributed by atoms with Crippen LogP contribution in [0.5, 0.6) is 5.75 Å². The van der Waals surface area contributed by atoms with E-state index >= 15 is 0 Å². The Morgan fingerprint density at radius 2 is 2.05 bits per heavy atom. The molecular formula is C15H13ClN2O. The molecule has 0 atom stereocenters. The van der Waals surface area contributed by atoms with Crippen molar-refractivity contribution in [3.63, 3.8) is 0 Å². The van der Waals surface area contributed by atoms with Gasteiger partial charge in [0.2, 0.25) is 0 Å². The smallest absolute Gasteiger partial charge is 0.144 e. The summed E-state index contributed by atoms with van der Waals surface area (Å²) in [6.07, 6.45) is 0. The summed E-state index contributed by atoms with van der Waals surface area (Å²) in [7, 11) is 0. The average Bonchev–Trinajstić information content (AvgIpc) is 2.40. The summed E-state index contributed by atoms with van der Waals surface area (Å²) in [6.45, 7) is 2.34. The van der Waals surface area contributed by atoms with E-state index in [9.17, 15) is 0 Å². The Hall–Kier alpha value is -2.18. The minimum atomic E-state index is 0.391. The number of ether oxygens (including phenoxy) is 1. The molecule has 0 saturated heterocycles. The van der Waals surface area contributed by atoms with E-state index in [1.54, 1.807) is 24.3 Å². The SMILES string of the molecule is Cc1cc(C#N)ccc1COc1cc(Cl)ccc1N. The molecule has 4 heteroatoms. The molecule has 0 aliphatic heterocycles. The molecule has 0 bridgehead atoms. The van der Waals surface area contributed by atoms with Crippen molar-refractivity contribution in [1.82, 2.24) is 0 Å². The van der Waals surface area contributed by atoms with E-state index in [2.05, 4.69) is 6.07 Å². The molecule has 2 rings (SSSR count). The maximum atomic E-state index is 8.82. The number of nitrogen functional groups attached to an aromatic ring is 1. The first kappa shape index (κ1) is 13.3. The van der Waals surface area contributed by atoms with Crippen LogP contribution in [0.15, 0.2) is 36.4 Å². The first-order chi connectivity index (χ1) is 9.10. The van der Waals surface area contributed by atoms with Gasteiger partial charge in [0.25, 0.3) is 0 Å². The number of hydrogen-bond donors (Lipinski definition) is 1. The summed E-state index contributed by atoms with van der Waals surface area (Å²) in [4.78, 5) is 0. The summed E-state index contributed by atoms with van der Waals surface area (Å²) in [6, 6.07) is 12.7. The van der Waals surface area contributed by atoms with Crippen molar-refractivity contribution >= 4 is 17.3 Å². The van der Waals surface area contributed by atoms with Crippen LogP contribution in [0.2, 0.25) is 5.02 Å². The van der Waals surface area contributed by atoms with Crippen LogP contribution in [0.25, 0.3) is 0 Å². The molecule has 96 valence electrons. The van der Waals surface area contributed by atoms with Gasteiger partial charge in [-0.1, -0.05) is 17.7 Å². The minimum Gasteiger partial charge on any atom is -0.487 e. The number of nitrogens with zero attached hydrogens (tertiary/aromatic N) is 1. The summed E-state index contributed by atoms with van der Waals surface area (Å²) < 4.78 is 5.67. The summed E-state index contributed by atoms with van der Waals surface area (Å²) in [5.41, 5.74) is 9.03. The van der Waals surface area contributed by atoms with E-state index in [1.807, 2.05) is 19.1 Å². The molecule has 19 heavy (non-hydrogen) atoms. The van der Waals surface area contributed by atoms with Crippen LogP contribution in [-0.2, 0) is 6.61 Å². The molecule has 0 radical (unpaired) electrons. The summed E-state index contributed by atoms with van der Waals surface area (Å²) >= 11 is 5.90. The van der Waals surface area contributed by atoms with Gasteiger partial charge in [-0.05, 0) is 42.3 Å². The lowest BCUT2D eigenvalue weighted by atomic mass is 10.1. The van der Waals surface area contributed by atoms with Crippen LogP contribution < -0.4 is 10.5 Å². The van der Waals surface area contributed by atoms with E-state index in [0.717, 1.165) is 11.1 Å². The lowest BCUT2D eigenvalue weighted by Crippen LogP contribution is -2.00. The van der Waals surface area contributed by atoms with Gasteiger partial charge >= 0.3 is 0 Å². The fourth-order valence-electron chi connectivity index (χ4n) is 1.72. The Morgan fingerprint density at radius 3 is 2.74 bits per heavy atom. The van der Waals surface area contributed by atoms with Gasteiger partial charge in [0.15, 0.2) is 0 Å². The highest BCUT2D eigenvalue weighted by Gasteiger charge is 2.04. The Labute approximate surface area is 117 Å². The molecule has 2 aromatic carbocycles. The number of anilines is 1. The maximum absolute atomic E-state index is 8.82. The average molecular weight is 273 g/mol. The highest BCUT2D eigenvalue weighted by atomic mass is 35.5. The zero-order chi connectivity index (χ0) is 13.8. The standard InChI is InChI=1S/C15H13ClN2O/c1-10-6-11(8-17)2-3-12(10)9-19-15-7-13(16)4-5-14(15)18/h2-7H,9,18H2,1H3. The largest absolute Gasteiger partial charge is 0.487 e. The van der Waals surface area contributed by atoms with Crippen molar-refractivity contribution in [2.75, 3.05) is 5.73 Å². The fourth-order valence-corrected chi connectivity index (χ4v) is 1.88. The third-order valence-electron chi connectivity index (χ3n) is 2.83. The number of nitriles is 1. The van der Waals surface area contributed by atoms with Crippen LogP contribution in [0.3, 0.4) is 0 Å². The lowest BCUT2D eigenvalue weighted by molar-refractivity contribution is 0.307. The molecule has 0 aliphatic rings. The normalized spacial score (nSPS) is 9.95. The van der Waals surface area contributed by atoms with Gasteiger partial charge in [0.1, 0.15) is 12.4 Å². The molecule has 0 amide bonds. The Kier molecular flexibility index (Phi) is 3.94. The maximum Gasteiger partial charge on any atom is 0.144 e. The Bertz CT molecular complexity index is 647. The summed E-state index contributed by atoms with van der Waals surface area (Å²) in [5, 5.41) is 9.40. The van der Waals surface area contributed by atoms with Crippen LogP contribution in [-0.4, -0.2) is 0 Å². The van der Waals surface area contributed by atoms with Crippen molar-refractivity contribution in [2.24, 2.45) is 0 Å². The highest BCUT2D eigenvalue weighted by Crippen LogP contribution is 2.26. The zero-order valence-electron chi connectivity index (χ0n) is 10.5. The predicted molar refractivity (Wildman–Crippen MR) is 76.1 cm³/mol. The molecule has 3 nitrogen and oxygen atoms in total. The zero-order valence-corrected chi connectivity index (χ0v) is 11.2. The quantitative estimate of drug-likeness (QED) is 0.867. The molecule has 2 aromatic rings. The van der Waals surface area contributed by atoms with E-state index in [4.69, 9.17) is 27.3 Å². The molecule has 0 aromatic heterocycles. The molecule has 0 saturated carbocycles. The summed E-state index contributed by atoms with van der Waals surface area (Å²) in [5.74, 6) is 0.566. The topological polar surface area (TPSA) is 59.0 Å². The number of benzene rings is 2. The molecular weight excluding hydrogens is 260 g/mol. The van der Waals surface area contributed by atoms with E-state index in [1.165, 1.54) is 0 Å². The van der Waals surface area contributed by atoms with Gasteiger partial charge < -0.3 is 10.5 Å². The molecule has 0 aliphatic carbocycles. The van der Waals surface area contributed by atoms with Crippen molar-refractivity contribution in [3.8, 4) is 11.8 Å². The number of rotatable bonds is 3. The molecule has 2 N–H and O–H groups in total. The van der Waals surface area contributed by atoms with Gasteiger partial charge in [0.05, 0.1) is 17.3 Å². The van der Waals surface area contributed by atoms with Crippen LogP contribution in [0, 0.1) is 18.3 Å². The van der Waals surface area contributed by atoms with E-state index < -0.39 is 0 Å². The monoisotopic (exact) mass is 272 g/mol. The molecule has 0 unspecified atom stereocenters. The lowest BCUT2D eigenvalue weighted by Gasteiger charge is -2.11. The van der Waals surface area contributed by atoms with Gasteiger partial charge in [-0.25, -0.2) is 0 Å². The second-order valence-electron chi connectivity index (χ2n) is 4.22. The van der Waals surface area contributed by atoms with Crippen LogP contribution in [0.4, 0.5) is 5.69 Å². The second kappa shape index (κ2) is 5.64. The number of aryl methyl sites for hydroxylation is 1. The Balaban J connectivity index is 2.15. The number of nitrogens with two attached hydrogens (primary N) is 1. The van der Waals surface area contributed by atoms with E-state index in [-0.39, 0.29) is 0 Å². The van der Waals surface area contributed by atoms with Gasteiger partial charge in [-0.15, -0.1) is 0 Å². The molecule has 0 fully saturated rings. The van der Waals surface area contributed by atoms with Crippen molar-refractivity contribution < 1.29 is 4.74 Å². The Morgan fingerprint density at radius 1 is 1.26 bits per heavy atom. The van der Waals surface area contributed by atoms with Crippen molar-refractivity contribution in [1.29, 1.82) is 5.26 Å². The fraction of sp³-hybridized carbons (Fsp3) is 0.133. The second-order valence-corrected chi connectivity index (χ2v) is 4.66. The van der Waals surface area contributed by atoms with Gasteiger partial charge in [0, 0.05) is 11.1 Å². The predicted octanol–water partition coefficient (Wildman–Crippen LogP) is 3.68. The van der Waals surface area contributed by atoms with Gasteiger partial charge in [-0.3, -0.25) is 0 Å². The van der Waals surface area contributed by atoms with E-state index in [0.29, 0.717) is 28.6 Å². The van der Waals surface area contributed by atoms with Crippen molar-refractivity contribution in [2.45, 2.75) is 13.5 Å². The van der Waals surface area contributed by atoms with Crippen molar-refractivity contribution in [3.05, 3.63) is 58.1 Å². The first-order valence-electron chi connectivity index (χ1n) is 5.77. The number of hydrogen-bond acceptors (Lipinski definition) is 3. The third-order valence-corrected chi connectivity index (χ3v) is 3.07. The molecule has 0 spiro atoms. The first-order valence-corrected chi connectivity index (χ1v) is 6.15. The molecule has 0 heterocycles. The third kappa shape index (κ3) is 3.18. The van der Waals surface area contributed by atoms with Crippen LogP contribution in [0.1, 0.15) is 16.7 Å². The highest BCUT2D eigenvalue weighted by molar-refractivity contribution is 6.30. The minimum absolute atomic E-state index is 0.391. The van der Waals surface area contributed by atoms with Gasteiger partial charge in [-0.2, -0.15) is 5.26 Å².